The maximum absolute atomic E-state index is 3.69. The van der Waals surface area contributed by atoms with E-state index in [9.17, 15) is 0 Å². The Labute approximate surface area is 133 Å². The summed E-state index contributed by atoms with van der Waals surface area (Å²) in [7, 11) is 0. The first kappa shape index (κ1) is 15.0. The Balaban J connectivity index is 2.38. The third-order valence-electron chi connectivity index (χ3n) is 3.17. The van der Waals surface area contributed by atoms with Crippen LogP contribution in [-0.2, 0) is 0 Å². The van der Waals surface area contributed by atoms with Crippen molar-refractivity contribution in [2.75, 3.05) is 6.54 Å². The summed E-state index contributed by atoms with van der Waals surface area (Å²) in [5.41, 5.74) is 2.79. The van der Waals surface area contributed by atoms with Gasteiger partial charge in [-0.05, 0) is 78.7 Å². The molecule has 1 N–H and O–H groups in total. The number of hydrogen-bond acceptors (Lipinski definition) is 2. The molecule has 0 aliphatic rings. The van der Waals surface area contributed by atoms with Crippen LogP contribution in [0.1, 0.15) is 40.3 Å². The number of rotatable bonds is 5. The number of hydrogen-bond donors (Lipinski definition) is 1. The Morgan fingerprint density at radius 1 is 1.26 bits per heavy atom. The smallest absolute Gasteiger partial charge is 0.0588 e. The molecule has 0 aliphatic carbocycles. The molecule has 1 unspecified atom stereocenters. The lowest BCUT2D eigenvalue weighted by atomic mass is 9.99. The van der Waals surface area contributed by atoms with E-state index < -0.39 is 0 Å². The van der Waals surface area contributed by atoms with Crippen LogP contribution in [0.4, 0.5) is 0 Å². The molecule has 0 saturated heterocycles. The lowest BCUT2D eigenvalue weighted by Crippen LogP contribution is -2.23. The first-order valence-corrected chi connectivity index (χ1v) is 8.57. The van der Waals surface area contributed by atoms with Gasteiger partial charge in [0, 0.05) is 13.3 Å². The molecular weight excluding hydrogens is 365 g/mol. The normalized spacial score (nSPS) is 12.6. The Bertz CT molecular complexity index is 547. The third kappa shape index (κ3) is 3.80. The molecule has 0 saturated carbocycles. The molecule has 3 heteroatoms. The largest absolute Gasteiger partial charge is 0.306 e. The summed E-state index contributed by atoms with van der Waals surface area (Å²) in [5, 5.41) is 3.69. The van der Waals surface area contributed by atoms with E-state index >= 15 is 0 Å². The van der Waals surface area contributed by atoms with Crippen molar-refractivity contribution in [2.24, 2.45) is 0 Å². The molecule has 0 radical (unpaired) electrons. The van der Waals surface area contributed by atoms with Gasteiger partial charge < -0.3 is 5.32 Å². The number of benzene rings is 1. The van der Waals surface area contributed by atoms with Crippen molar-refractivity contribution in [1.82, 2.24) is 5.32 Å². The molecule has 0 fully saturated rings. The van der Waals surface area contributed by atoms with Crippen LogP contribution in [0.2, 0.25) is 0 Å². The first-order valence-electron chi connectivity index (χ1n) is 6.67. The summed E-state index contributed by atoms with van der Waals surface area (Å²) < 4.78 is 1.29. The van der Waals surface area contributed by atoms with Gasteiger partial charge >= 0.3 is 0 Å². The summed E-state index contributed by atoms with van der Waals surface area (Å²) in [6.07, 6.45) is 1.16. The number of aryl methyl sites for hydroxylation is 2. The molecule has 1 atom stereocenters. The third-order valence-corrected chi connectivity index (χ3v) is 4.82. The second-order valence-electron chi connectivity index (χ2n) is 4.81. The number of nitrogens with one attached hydrogen (secondary N) is 1. The van der Waals surface area contributed by atoms with Gasteiger partial charge in [-0.3, -0.25) is 0 Å². The van der Waals surface area contributed by atoms with Crippen LogP contribution in [0.5, 0.6) is 0 Å². The van der Waals surface area contributed by atoms with Gasteiger partial charge in [-0.15, -0.1) is 11.3 Å². The highest BCUT2D eigenvalue weighted by Gasteiger charge is 2.17. The van der Waals surface area contributed by atoms with Crippen LogP contribution < -0.4 is 5.32 Å². The second-order valence-corrected chi connectivity index (χ2v) is 7.52. The molecule has 0 bridgehead atoms. The predicted octanol–water partition coefficient (Wildman–Crippen LogP) is 5.06. The van der Waals surface area contributed by atoms with Crippen molar-refractivity contribution in [3.05, 3.63) is 54.8 Å². The second kappa shape index (κ2) is 6.86. The average molecular weight is 385 g/mol. The van der Waals surface area contributed by atoms with E-state index in [1.165, 1.54) is 24.5 Å². The molecule has 2 rings (SSSR count). The molecule has 1 aromatic carbocycles. The topological polar surface area (TPSA) is 12.0 Å². The van der Waals surface area contributed by atoms with E-state index in [1.54, 1.807) is 0 Å². The van der Waals surface area contributed by atoms with Crippen molar-refractivity contribution in [3.63, 3.8) is 0 Å². The van der Waals surface area contributed by atoms with Crippen LogP contribution in [0.25, 0.3) is 0 Å². The minimum Gasteiger partial charge on any atom is -0.306 e. The van der Waals surface area contributed by atoms with E-state index in [-0.39, 0.29) is 0 Å². The van der Waals surface area contributed by atoms with Crippen LogP contribution >= 0.6 is 33.9 Å². The molecular formula is C16H20INS. The Morgan fingerprint density at radius 2 is 2.05 bits per heavy atom. The maximum Gasteiger partial charge on any atom is 0.0588 e. The van der Waals surface area contributed by atoms with Gasteiger partial charge in [0.2, 0.25) is 0 Å². The molecule has 19 heavy (non-hydrogen) atoms. The van der Waals surface area contributed by atoms with Gasteiger partial charge in [0.05, 0.1) is 6.04 Å². The highest BCUT2D eigenvalue weighted by molar-refractivity contribution is 14.1. The monoisotopic (exact) mass is 385 g/mol. The van der Waals surface area contributed by atoms with Crippen molar-refractivity contribution < 1.29 is 0 Å². The van der Waals surface area contributed by atoms with E-state index in [4.69, 9.17) is 0 Å². The molecule has 1 aromatic heterocycles. The Hall–Kier alpha value is -0.390. The minimum absolute atomic E-state index is 0.319. The lowest BCUT2D eigenvalue weighted by Gasteiger charge is -2.19. The van der Waals surface area contributed by atoms with Crippen molar-refractivity contribution >= 4 is 33.9 Å². The van der Waals surface area contributed by atoms with E-state index in [0.717, 1.165) is 13.0 Å². The van der Waals surface area contributed by atoms with Crippen LogP contribution in [0, 0.1) is 17.4 Å². The van der Waals surface area contributed by atoms with Crippen LogP contribution in [-0.4, -0.2) is 6.54 Å². The van der Waals surface area contributed by atoms with Crippen LogP contribution in [0.15, 0.2) is 30.3 Å². The fraction of sp³-hybridized carbons (Fsp3) is 0.375. The van der Waals surface area contributed by atoms with Crippen LogP contribution in [0.3, 0.4) is 0 Å². The van der Waals surface area contributed by atoms with Gasteiger partial charge in [0.25, 0.3) is 0 Å². The number of thiophene rings is 1. The summed E-state index contributed by atoms with van der Waals surface area (Å²) in [6, 6.07) is 11.4. The van der Waals surface area contributed by atoms with E-state index in [1.807, 2.05) is 11.3 Å². The predicted molar refractivity (Wildman–Crippen MR) is 93.1 cm³/mol. The van der Waals surface area contributed by atoms with Gasteiger partial charge in [0.1, 0.15) is 0 Å². The Kier molecular flexibility index (Phi) is 5.42. The highest BCUT2D eigenvalue weighted by atomic mass is 127. The molecule has 0 amide bonds. The summed E-state index contributed by atoms with van der Waals surface area (Å²) >= 11 is 4.27. The molecule has 1 heterocycles. The fourth-order valence-electron chi connectivity index (χ4n) is 2.32. The van der Waals surface area contributed by atoms with Gasteiger partial charge in [0.15, 0.2) is 0 Å². The van der Waals surface area contributed by atoms with Crippen molar-refractivity contribution in [3.8, 4) is 0 Å². The zero-order valence-electron chi connectivity index (χ0n) is 11.7. The van der Waals surface area contributed by atoms with Crippen molar-refractivity contribution in [2.45, 2.75) is 33.2 Å². The molecule has 1 nitrogen and oxygen atoms in total. The standard InChI is InChI=1S/C16H20INS/c1-4-8-18-16(13-6-5-7-14(17)10-13)15-9-11(2)19-12(15)3/h5-7,9-10,16,18H,4,8H2,1-3H3. The number of halogens is 1. The molecule has 102 valence electrons. The fourth-order valence-corrected chi connectivity index (χ4v) is 3.85. The quantitative estimate of drug-likeness (QED) is 0.710. The summed E-state index contributed by atoms with van der Waals surface area (Å²) in [5.74, 6) is 0. The first-order chi connectivity index (χ1) is 9.11. The molecule has 0 aliphatic heterocycles. The van der Waals surface area contributed by atoms with E-state index in [2.05, 4.69) is 79.0 Å². The molecule has 0 spiro atoms. The SMILES string of the molecule is CCCNC(c1cccc(I)c1)c1cc(C)sc1C. The zero-order chi connectivity index (χ0) is 13.8. The van der Waals surface area contributed by atoms with E-state index in [0.29, 0.717) is 6.04 Å². The minimum atomic E-state index is 0.319. The lowest BCUT2D eigenvalue weighted by molar-refractivity contribution is 0.598. The van der Waals surface area contributed by atoms with Gasteiger partial charge in [-0.1, -0.05) is 19.1 Å². The summed E-state index contributed by atoms with van der Waals surface area (Å²) in [4.78, 5) is 2.81. The zero-order valence-corrected chi connectivity index (χ0v) is 14.6. The van der Waals surface area contributed by atoms with Gasteiger partial charge in [-0.25, -0.2) is 0 Å². The molecule has 2 aromatic rings. The van der Waals surface area contributed by atoms with Crippen molar-refractivity contribution in [1.29, 1.82) is 0 Å². The highest BCUT2D eigenvalue weighted by Crippen LogP contribution is 2.31. The summed E-state index contributed by atoms with van der Waals surface area (Å²) in [6.45, 7) is 7.67. The van der Waals surface area contributed by atoms with Gasteiger partial charge in [-0.2, -0.15) is 0 Å². The maximum atomic E-state index is 3.69. The average Bonchev–Trinajstić information content (AvgIpc) is 2.69. The Morgan fingerprint density at radius 3 is 2.63 bits per heavy atom.